The van der Waals surface area contributed by atoms with Crippen LogP contribution in [-0.2, 0) is 4.74 Å². The fraction of sp³-hybridized carbons (Fsp3) is 0.444. The summed E-state index contributed by atoms with van der Waals surface area (Å²) in [4.78, 5) is 16.9. The number of benzene rings is 2. The van der Waals surface area contributed by atoms with Crippen LogP contribution >= 0.6 is 27.5 Å². The lowest BCUT2D eigenvalue weighted by molar-refractivity contribution is 0.0600. The van der Waals surface area contributed by atoms with Crippen LogP contribution in [0.3, 0.4) is 0 Å². The third-order valence-electron chi connectivity index (χ3n) is 6.82. The molecule has 1 saturated heterocycles. The maximum Gasteiger partial charge on any atom is 0.337 e. The van der Waals surface area contributed by atoms with E-state index in [-0.39, 0.29) is 10.9 Å². The van der Waals surface area contributed by atoms with Gasteiger partial charge in [0.15, 0.2) is 0 Å². The summed E-state index contributed by atoms with van der Waals surface area (Å²) in [6.07, 6.45) is 3.48. The highest BCUT2D eigenvalue weighted by Gasteiger charge is 2.31. The first-order chi connectivity index (χ1) is 15.8. The van der Waals surface area contributed by atoms with Gasteiger partial charge >= 0.3 is 5.97 Å². The van der Waals surface area contributed by atoms with Crippen molar-refractivity contribution in [2.45, 2.75) is 38.1 Å². The lowest BCUT2D eigenvalue weighted by Crippen LogP contribution is -2.51. The molecule has 2 aromatic carbocycles. The maximum absolute atomic E-state index is 11.7. The first kappa shape index (κ1) is 24.3. The summed E-state index contributed by atoms with van der Waals surface area (Å²) < 4.78 is 4.81. The number of halogens is 2. The molecule has 2 aliphatic rings. The Morgan fingerprint density at radius 2 is 1.82 bits per heavy atom. The third kappa shape index (κ3) is 5.82. The average molecular weight is 532 g/mol. The van der Waals surface area contributed by atoms with Crippen molar-refractivity contribution in [1.29, 1.82) is 0 Å². The molecule has 33 heavy (non-hydrogen) atoms. The van der Waals surface area contributed by atoms with Crippen LogP contribution in [-0.4, -0.2) is 49.1 Å². The zero-order valence-electron chi connectivity index (χ0n) is 19.6. The minimum absolute atomic E-state index is 0.217. The van der Waals surface area contributed by atoms with E-state index in [4.69, 9.17) is 16.3 Å². The molecule has 2 aromatic rings. The van der Waals surface area contributed by atoms with Crippen LogP contribution in [0.1, 0.15) is 49.0 Å². The van der Waals surface area contributed by atoms with Crippen LogP contribution in [0.15, 0.2) is 54.1 Å². The lowest BCUT2D eigenvalue weighted by Gasteiger charge is -2.42. The SMILES string of the molecule is COC(=O)c1ccc(N2CCN(CC3=C(c4ccc(Cl)cc4)CC(C)(C)CC3)CC2Br)cc1. The molecule has 0 N–H and O–H groups in total. The van der Waals surface area contributed by atoms with E-state index in [1.807, 2.05) is 36.4 Å². The molecule has 0 radical (unpaired) electrons. The molecule has 1 aliphatic carbocycles. The van der Waals surface area contributed by atoms with Crippen molar-refractivity contribution < 1.29 is 9.53 Å². The van der Waals surface area contributed by atoms with Crippen molar-refractivity contribution in [3.05, 3.63) is 70.3 Å². The molecule has 1 heterocycles. The van der Waals surface area contributed by atoms with Gasteiger partial charge in [-0.15, -0.1) is 0 Å². The van der Waals surface area contributed by atoms with Crippen LogP contribution in [0.5, 0.6) is 0 Å². The van der Waals surface area contributed by atoms with Gasteiger partial charge in [0, 0.05) is 36.9 Å². The molecule has 4 rings (SSSR count). The summed E-state index contributed by atoms with van der Waals surface area (Å²) in [7, 11) is 1.41. The number of esters is 1. The van der Waals surface area contributed by atoms with Crippen LogP contribution in [0.25, 0.3) is 5.57 Å². The molecule has 1 unspecified atom stereocenters. The predicted octanol–water partition coefficient (Wildman–Crippen LogP) is 6.63. The van der Waals surface area contributed by atoms with Gasteiger partial charge in [-0.2, -0.15) is 0 Å². The molecule has 0 aromatic heterocycles. The molecule has 0 bridgehead atoms. The Balaban J connectivity index is 1.47. The van der Waals surface area contributed by atoms with Gasteiger partial charge in [-0.1, -0.05) is 59.1 Å². The molecule has 0 amide bonds. The minimum Gasteiger partial charge on any atom is -0.465 e. The second-order valence-corrected chi connectivity index (χ2v) is 11.3. The van der Waals surface area contributed by atoms with Crippen molar-refractivity contribution >= 4 is 44.8 Å². The molecular weight excluding hydrogens is 500 g/mol. The van der Waals surface area contributed by atoms with Crippen molar-refractivity contribution in [2.75, 3.05) is 38.2 Å². The number of methoxy groups -OCH3 is 1. The highest BCUT2D eigenvalue weighted by molar-refractivity contribution is 9.09. The Bertz CT molecular complexity index is 1020. The highest BCUT2D eigenvalue weighted by Crippen LogP contribution is 2.43. The molecular formula is C27H32BrClN2O2. The second kappa shape index (κ2) is 10.2. The maximum atomic E-state index is 11.7. The van der Waals surface area contributed by atoms with Crippen LogP contribution in [0, 0.1) is 5.41 Å². The number of alkyl halides is 1. The Hall–Kier alpha value is -1.82. The quantitative estimate of drug-likeness (QED) is 0.246. The van der Waals surface area contributed by atoms with Crippen LogP contribution < -0.4 is 4.90 Å². The van der Waals surface area contributed by atoms with Gasteiger partial charge in [-0.25, -0.2) is 4.79 Å². The number of carbonyl (C=O) groups is 1. The summed E-state index contributed by atoms with van der Waals surface area (Å²) in [6.45, 7) is 8.63. The van der Waals surface area contributed by atoms with Gasteiger partial charge in [0.25, 0.3) is 0 Å². The number of hydrogen-bond donors (Lipinski definition) is 0. The predicted molar refractivity (Wildman–Crippen MR) is 140 cm³/mol. The number of anilines is 1. The molecule has 1 fully saturated rings. The number of piperazine rings is 1. The molecule has 0 saturated carbocycles. The lowest BCUT2D eigenvalue weighted by atomic mass is 9.72. The number of ether oxygens (including phenoxy) is 1. The zero-order chi connectivity index (χ0) is 23.6. The largest absolute Gasteiger partial charge is 0.465 e. The fourth-order valence-corrected chi connectivity index (χ4v) is 5.84. The Kier molecular flexibility index (Phi) is 7.52. The molecule has 1 aliphatic heterocycles. The summed E-state index contributed by atoms with van der Waals surface area (Å²) >= 11 is 10.1. The topological polar surface area (TPSA) is 32.8 Å². The van der Waals surface area contributed by atoms with E-state index in [1.165, 1.54) is 24.7 Å². The normalized spacial score (nSPS) is 21.2. The summed E-state index contributed by atoms with van der Waals surface area (Å²) in [5.41, 5.74) is 6.38. The van der Waals surface area contributed by atoms with Crippen LogP contribution in [0.2, 0.25) is 5.02 Å². The van der Waals surface area contributed by atoms with E-state index >= 15 is 0 Å². The Morgan fingerprint density at radius 1 is 1.12 bits per heavy atom. The van der Waals surface area contributed by atoms with E-state index in [2.05, 4.69) is 51.7 Å². The Labute approximate surface area is 210 Å². The summed E-state index contributed by atoms with van der Waals surface area (Å²) in [5, 5.41) is 0.786. The van der Waals surface area contributed by atoms with Crippen molar-refractivity contribution in [3.63, 3.8) is 0 Å². The van der Waals surface area contributed by atoms with Crippen LogP contribution in [0.4, 0.5) is 5.69 Å². The molecule has 1 atom stereocenters. The van der Waals surface area contributed by atoms with Gasteiger partial charge in [-0.3, -0.25) is 4.90 Å². The average Bonchev–Trinajstić information content (AvgIpc) is 2.80. The highest BCUT2D eigenvalue weighted by atomic mass is 79.9. The first-order valence-electron chi connectivity index (χ1n) is 11.5. The monoisotopic (exact) mass is 530 g/mol. The van der Waals surface area contributed by atoms with E-state index in [0.29, 0.717) is 11.0 Å². The second-order valence-electron chi connectivity index (χ2n) is 9.83. The van der Waals surface area contributed by atoms with E-state index in [9.17, 15) is 4.79 Å². The Morgan fingerprint density at radius 3 is 2.45 bits per heavy atom. The van der Waals surface area contributed by atoms with Gasteiger partial charge in [0.1, 0.15) is 0 Å². The van der Waals surface area contributed by atoms with Crippen molar-refractivity contribution in [1.82, 2.24) is 4.90 Å². The fourth-order valence-electron chi connectivity index (χ4n) is 4.87. The smallest absolute Gasteiger partial charge is 0.337 e. The molecule has 176 valence electrons. The number of rotatable bonds is 5. The number of allylic oxidation sites excluding steroid dienone is 1. The van der Waals surface area contributed by atoms with Gasteiger partial charge < -0.3 is 9.64 Å². The van der Waals surface area contributed by atoms with Gasteiger partial charge in [-0.05, 0) is 72.2 Å². The first-order valence-corrected chi connectivity index (χ1v) is 12.8. The third-order valence-corrected chi connectivity index (χ3v) is 7.85. The number of nitrogens with zero attached hydrogens (tertiary/aromatic N) is 2. The summed E-state index contributed by atoms with van der Waals surface area (Å²) in [6, 6.07) is 16.0. The minimum atomic E-state index is -0.304. The number of hydrogen-bond acceptors (Lipinski definition) is 4. The standard InChI is InChI=1S/C27H32BrClN2O2/c1-27(2)13-12-21(24(16-27)19-4-8-22(29)9-5-19)17-30-14-15-31(25(28)18-30)23-10-6-20(7-11-23)26(32)33-3/h4-11,25H,12-18H2,1-3H3. The van der Waals surface area contributed by atoms with Gasteiger partial charge in [0.05, 0.1) is 17.6 Å². The molecule has 6 heteroatoms. The van der Waals surface area contributed by atoms with Crippen molar-refractivity contribution in [3.8, 4) is 0 Å². The molecule has 4 nitrogen and oxygen atoms in total. The van der Waals surface area contributed by atoms with E-state index in [0.717, 1.165) is 49.7 Å². The zero-order valence-corrected chi connectivity index (χ0v) is 22.0. The number of carbonyl (C=O) groups excluding carboxylic acids is 1. The molecule has 0 spiro atoms. The van der Waals surface area contributed by atoms with E-state index < -0.39 is 0 Å². The van der Waals surface area contributed by atoms with Gasteiger partial charge in [0.2, 0.25) is 0 Å². The van der Waals surface area contributed by atoms with E-state index in [1.54, 1.807) is 5.57 Å². The summed E-state index contributed by atoms with van der Waals surface area (Å²) in [5.74, 6) is -0.304. The van der Waals surface area contributed by atoms with Crippen molar-refractivity contribution in [2.24, 2.45) is 5.41 Å².